The van der Waals surface area contributed by atoms with Crippen LogP contribution in [-0.2, 0) is 13.2 Å². The summed E-state index contributed by atoms with van der Waals surface area (Å²) >= 11 is 1.42. The lowest BCUT2D eigenvalue weighted by Gasteiger charge is -2.05. The molecule has 0 unspecified atom stereocenters. The van der Waals surface area contributed by atoms with E-state index in [1.165, 1.54) is 23.1 Å². The first kappa shape index (κ1) is 17.2. The Morgan fingerprint density at radius 1 is 1.28 bits per heavy atom. The smallest absolute Gasteiger partial charge is 0.267 e. The number of alkyl halides is 3. The summed E-state index contributed by atoms with van der Waals surface area (Å²) < 4.78 is 39.8. The van der Waals surface area contributed by atoms with E-state index in [0.29, 0.717) is 22.0 Å². The van der Waals surface area contributed by atoms with Crippen LogP contribution in [-0.4, -0.2) is 21.0 Å². The Bertz CT molecular complexity index is 911. The maximum Gasteiger partial charge on any atom is 0.435 e. The quantitative estimate of drug-likeness (QED) is 0.553. The number of benzene rings is 1. The molecular weight excluding hydrogens is 351 g/mol. The summed E-state index contributed by atoms with van der Waals surface area (Å²) in [5.74, 6) is 0. The third-order valence-electron chi connectivity index (χ3n) is 3.39. The SMILES string of the molecule is Cc1csc(NN=Cc2ccccc2-c2cc(C(F)(F)F)nn2C)n1. The van der Waals surface area contributed by atoms with Gasteiger partial charge >= 0.3 is 6.18 Å². The molecule has 5 nitrogen and oxygen atoms in total. The van der Waals surface area contributed by atoms with E-state index in [1.807, 2.05) is 12.3 Å². The first-order valence-corrected chi connectivity index (χ1v) is 8.14. The van der Waals surface area contributed by atoms with Crippen molar-refractivity contribution in [3.8, 4) is 11.3 Å². The van der Waals surface area contributed by atoms with Crippen LogP contribution in [0.4, 0.5) is 18.3 Å². The number of hydrogen-bond donors (Lipinski definition) is 1. The van der Waals surface area contributed by atoms with Gasteiger partial charge in [0.15, 0.2) is 5.69 Å². The van der Waals surface area contributed by atoms with Crippen LogP contribution in [0.25, 0.3) is 11.3 Å². The molecule has 130 valence electrons. The number of nitrogens with one attached hydrogen (secondary N) is 1. The number of halogens is 3. The molecule has 0 saturated carbocycles. The largest absolute Gasteiger partial charge is 0.435 e. The second-order valence-corrected chi connectivity index (χ2v) is 6.15. The minimum atomic E-state index is -4.48. The Morgan fingerprint density at radius 3 is 2.68 bits per heavy atom. The summed E-state index contributed by atoms with van der Waals surface area (Å²) in [6, 6.07) is 8.08. The van der Waals surface area contributed by atoms with Crippen molar-refractivity contribution in [2.24, 2.45) is 12.1 Å². The molecule has 0 aliphatic carbocycles. The summed E-state index contributed by atoms with van der Waals surface area (Å²) in [6.07, 6.45) is -2.93. The Hall–Kier alpha value is -2.68. The molecule has 1 aromatic carbocycles. The van der Waals surface area contributed by atoms with Crippen molar-refractivity contribution in [2.75, 3.05) is 5.43 Å². The van der Waals surface area contributed by atoms with Crippen molar-refractivity contribution in [1.29, 1.82) is 0 Å². The van der Waals surface area contributed by atoms with Crippen LogP contribution < -0.4 is 5.43 Å². The van der Waals surface area contributed by atoms with Crippen molar-refractivity contribution in [1.82, 2.24) is 14.8 Å². The Balaban J connectivity index is 1.90. The van der Waals surface area contributed by atoms with E-state index in [1.54, 1.807) is 30.5 Å². The van der Waals surface area contributed by atoms with Crippen molar-refractivity contribution >= 4 is 22.7 Å². The van der Waals surface area contributed by atoms with Gasteiger partial charge in [-0.1, -0.05) is 24.3 Å². The molecule has 0 bridgehead atoms. The van der Waals surface area contributed by atoms with E-state index in [9.17, 15) is 13.2 Å². The zero-order valence-corrected chi connectivity index (χ0v) is 14.2. The number of nitrogens with zero attached hydrogens (tertiary/aromatic N) is 4. The average Bonchev–Trinajstić information content (AvgIpc) is 3.13. The number of anilines is 1. The fourth-order valence-electron chi connectivity index (χ4n) is 2.26. The van der Waals surface area contributed by atoms with Crippen LogP contribution in [0.2, 0.25) is 0 Å². The summed E-state index contributed by atoms with van der Waals surface area (Å²) in [4.78, 5) is 4.22. The molecule has 9 heteroatoms. The number of rotatable bonds is 4. The molecule has 0 amide bonds. The maximum atomic E-state index is 12.9. The monoisotopic (exact) mass is 365 g/mol. The lowest BCUT2D eigenvalue weighted by molar-refractivity contribution is -0.141. The highest BCUT2D eigenvalue weighted by atomic mass is 32.1. The van der Waals surface area contributed by atoms with Gasteiger partial charge in [0.05, 0.1) is 17.6 Å². The van der Waals surface area contributed by atoms with Crippen LogP contribution in [0, 0.1) is 6.92 Å². The molecule has 25 heavy (non-hydrogen) atoms. The molecule has 0 saturated heterocycles. The number of aryl methyl sites for hydroxylation is 2. The minimum Gasteiger partial charge on any atom is -0.267 e. The van der Waals surface area contributed by atoms with Gasteiger partial charge in [-0.3, -0.25) is 10.1 Å². The molecule has 0 aliphatic heterocycles. The zero-order valence-electron chi connectivity index (χ0n) is 13.4. The van der Waals surface area contributed by atoms with Crippen molar-refractivity contribution in [3.05, 3.63) is 52.7 Å². The number of thiazole rings is 1. The number of aromatic nitrogens is 3. The highest BCUT2D eigenvalue weighted by Gasteiger charge is 2.34. The van der Waals surface area contributed by atoms with E-state index in [0.717, 1.165) is 11.8 Å². The van der Waals surface area contributed by atoms with Crippen LogP contribution in [0.3, 0.4) is 0 Å². The maximum absolute atomic E-state index is 12.9. The third-order valence-corrected chi connectivity index (χ3v) is 4.25. The molecule has 0 atom stereocenters. The fraction of sp³-hybridized carbons (Fsp3) is 0.188. The predicted molar refractivity (Wildman–Crippen MR) is 91.7 cm³/mol. The highest BCUT2D eigenvalue weighted by Crippen LogP contribution is 2.32. The van der Waals surface area contributed by atoms with E-state index >= 15 is 0 Å². The fourth-order valence-corrected chi connectivity index (χ4v) is 2.90. The molecule has 2 aromatic heterocycles. The molecule has 0 fully saturated rings. The molecule has 3 rings (SSSR count). The molecule has 0 aliphatic rings. The summed E-state index contributed by atoms with van der Waals surface area (Å²) in [6.45, 7) is 1.88. The highest BCUT2D eigenvalue weighted by molar-refractivity contribution is 7.13. The van der Waals surface area contributed by atoms with Gasteiger partial charge in [0.1, 0.15) is 0 Å². The van der Waals surface area contributed by atoms with Gasteiger partial charge in [-0.05, 0) is 13.0 Å². The van der Waals surface area contributed by atoms with Gasteiger partial charge in [0.25, 0.3) is 0 Å². The summed E-state index contributed by atoms with van der Waals surface area (Å²) in [7, 11) is 1.48. The summed E-state index contributed by atoms with van der Waals surface area (Å²) in [5, 5.41) is 10.2. The minimum absolute atomic E-state index is 0.361. The molecule has 2 heterocycles. The number of hydrogen-bond acceptors (Lipinski definition) is 5. The average molecular weight is 365 g/mol. The van der Waals surface area contributed by atoms with Gasteiger partial charge in [-0.15, -0.1) is 11.3 Å². The van der Waals surface area contributed by atoms with E-state index < -0.39 is 11.9 Å². The van der Waals surface area contributed by atoms with E-state index in [2.05, 4.69) is 20.6 Å². The van der Waals surface area contributed by atoms with Crippen molar-refractivity contribution in [2.45, 2.75) is 13.1 Å². The topological polar surface area (TPSA) is 55.1 Å². The van der Waals surface area contributed by atoms with Gasteiger partial charge < -0.3 is 0 Å². The van der Waals surface area contributed by atoms with Gasteiger partial charge in [0, 0.05) is 23.6 Å². The van der Waals surface area contributed by atoms with Crippen LogP contribution in [0.5, 0.6) is 0 Å². The van der Waals surface area contributed by atoms with Crippen molar-refractivity contribution in [3.63, 3.8) is 0 Å². The van der Waals surface area contributed by atoms with E-state index in [4.69, 9.17) is 0 Å². The third kappa shape index (κ3) is 3.87. The first-order chi connectivity index (χ1) is 11.8. The zero-order chi connectivity index (χ0) is 18.0. The normalized spacial score (nSPS) is 12.0. The number of hydrazone groups is 1. The Morgan fingerprint density at radius 2 is 2.04 bits per heavy atom. The van der Waals surface area contributed by atoms with Crippen LogP contribution >= 0.6 is 11.3 Å². The predicted octanol–water partition coefficient (Wildman–Crippen LogP) is 4.32. The standard InChI is InChI=1S/C16H14F3N5S/c1-10-9-25-15(21-10)22-20-8-11-5-3-4-6-12(11)13-7-14(16(17,18)19)23-24(13)2/h3-9H,1-2H3,(H,21,22). The van der Waals surface area contributed by atoms with E-state index in [-0.39, 0.29) is 0 Å². The molecule has 1 N–H and O–H groups in total. The van der Waals surface area contributed by atoms with Crippen LogP contribution in [0.1, 0.15) is 17.0 Å². The van der Waals surface area contributed by atoms with Crippen molar-refractivity contribution < 1.29 is 13.2 Å². The van der Waals surface area contributed by atoms with Gasteiger partial charge in [0.2, 0.25) is 5.13 Å². The van der Waals surface area contributed by atoms with Crippen LogP contribution in [0.15, 0.2) is 40.8 Å². The second-order valence-electron chi connectivity index (χ2n) is 5.29. The Labute approximate surface area is 145 Å². The lowest BCUT2D eigenvalue weighted by atomic mass is 10.1. The lowest BCUT2D eigenvalue weighted by Crippen LogP contribution is -2.06. The molecule has 0 radical (unpaired) electrons. The molecule has 3 aromatic rings. The second kappa shape index (κ2) is 6.67. The Kier molecular flexibility index (Phi) is 4.58. The molecular formula is C16H14F3N5S. The summed E-state index contributed by atoms with van der Waals surface area (Å²) in [5.41, 5.74) is 4.41. The van der Waals surface area contributed by atoms with Gasteiger partial charge in [-0.2, -0.15) is 23.4 Å². The van der Waals surface area contributed by atoms with Gasteiger partial charge in [-0.25, -0.2) is 4.98 Å². The first-order valence-electron chi connectivity index (χ1n) is 7.26. The molecule has 0 spiro atoms.